The minimum Gasteiger partial charge on any atom is -0.387 e. The average molecular weight is 352 g/mol. The van der Waals surface area contributed by atoms with Crippen molar-refractivity contribution in [2.75, 3.05) is 19.4 Å². The van der Waals surface area contributed by atoms with Crippen molar-refractivity contribution in [1.82, 2.24) is 9.88 Å². The Morgan fingerprint density at radius 3 is 2.91 bits per heavy atom. The molecular weight excluding hydrogens is 330 g/mol. The zero-order chi connectivity index (χ0) is 16.6. The first-order valence-electron chi connectivity index (χ1n) is 7.83. The normalized spacial score (nSPS) is 17.4. The molecule has 3 rings (SSSR count). The third-order valence-electron chi connectivity index (χ3n) is 4.18. The maximum atomic E-state index is 10.1. The number of halogens is 1. The predicted octanol–water partition coefficient (Wildman–Crippen LogP) is 4.28. The molecule has 0 spiro atoms. The number of aliphatic hydroxyl groups excluding tert-OH is 1. The molecule has 124 valence electrons. The smallest absolute Gasteiger partial charge is 0.187 e. The SMILES string of the molecule is Cc1c(Nc2nc3c(s2)CCCC3O)ccc(Cl)c1CN(C)C. The molecule has 1 aliphatic carbocycles. The quantitative estimate of drug-likeness (QED) is 0.863. The molecule has 1 aromatic heterocycles. The molecule has 0 amide bonds. The van der Waals surface area contributed by atoms with Crippen molar-refractivity contribution in [2.24, 2.45) is 0 Å². The van der Waals surface area contributed by atoms with E-state index in [2.05, 4.69) is 22.1 Å². The van der Waals surface area contributed by atoms with Crippen LogP contribution >= 0.6 is 22.9 Å². The van der Waals surface area contributed by atoms with Crippen LogP contribution in [-0.4, -0.2) is 29.1 Å². The average Bonchev–Trinajstić information content (AvgIpc) is 2.90. The first-order valence-corrected chi connectivity index (χ1v) is 9.02. The summed E-state index contributed by atoms with van der Waals surface area (Å²) >= 11 is 7.99. The van der Waals surface area contributed by atoms with Crippen LogP contribution in [0.2, 0.25) is 5.02 Å². The number of hydrogen-bond donors (Lipinski definition) is 2. The van der Waals surface area contributed by atoms with Crippen molar-refractivity contribution < 1.29 is 5.11 Å². The number of aromatic nitrogens is 1. The number of benzene rings is 1. The Balaban J connectivity index is 1.89. The molecule has 2 aromatic rings. The molecule has 0 saturated carbocycles. The molecule has 0 aliphatic heterocycles. The lowest BCUT2D eigenvalue weighted by molar-refractivity contribution is 0.153. The Bertz CT molecular complexity index is 714. The number of thiazole rings is 1. The Morgan fingerprint density at radius 2 is 2.22 bits per heavy atom. The first-order chi connectivity index (χ1) is 11.0. The zero-order valence-corrected chi connectivity index (χ0v) is 15.3. The van der Waals surface area contributed by atoms with Crippen LogP contribution in [0.1, 0.15) is 40.6 Å². The van der Waals surface area contributed by atoms with Gasteiger partial charge in [-0.1, -0.05) is 11.6 Å². The highest BCUT2D eigenvalue weighted by Crippen LogP contribution is 2.37. The number of rotatable bonds is 4. The highest BCUT2D eigenvalue weighted by atomic mass is 35.5. The number of aliphatic hydroxyl groups is 1. The number of hydrogen-bond acceptors (Lipinski definition) is 5. The molecule has 0 saturated heterocycles. The third-order valence-corrected chi connectivity index (χ3v) is 5.58. The lowest BCUT2D eigenvalue weighted by atomic mass is 10.0. The molecule has 0 bridgehead atoms. The molecule has 2 N–H and O–H groups in total. The number of aryl methyl sites for hydroxylation is 1. The van der Waals surface area contributed by atoms with Gasteiger partial charge >= 0.3 is 0 Å². The molecule has 6 heteroatoms. The van der Waals surface area contributed by atoms with Gasteiger partial charge in [-0.15, -0.1) is 11.3 Å². The van der Waals surface area contributed by atoms with Crippen molar-refractivity contribution in [3.05, 3.63) is 38.9 Å². The molecule has 0 radical (unpaired) electrons. The Kier molecular flexibility index (Phi) is 4.92. The van der Waals surface area contributed by atoms with Crippen LogP contribution in [0.25, 0.3) is 0 Å². The summed E-state index contributed by atoms with van der Waals surface area (Å²) in [6, 6.07) is 3.92. The van der Waals surface area contributed by atoms with Crippen LogP contribution in [0.4, 0.5) is 10.8 Å². The minimum atomic E-state index is -0.416. The van der Waals surface area contributed by atoms with Gasteiger partial charge in [-0.3, -0.25) is 0 Å². The Labute approximate surface area is 146 Å². The van der Waals surface area contributed by atoms with E-state index in [1.165, 1.54) is 4.88 Å². The highest BCUT2D eigenvalue weighted by Gasteiger charge is 2.23. The molecule has 1 aliphatic rings. The van der Waals surface area contributed by atoms with Crippen LogP contribution in [0.3, 0.4) is 0 Å². The zero-order valence-electron chi connectivity index (χ0n) is 13.7. The summed E-state index contributed by atoms with van der Waals surface area (Å²) in [7, 11) is 4.07. The summed E-state index contributed by atoms with van der Waals surface area (Å²) in [5.74, 6) is 0. The summed E-state index contributed by atoms with van der Waals surface area (Å²) in [5, 5.41) is 15.1. The largest absolute Gasteiger partial charge is 0.387 e. The molecule has 1 atom stereocenters. The fourth-order valence-corrected chi connectivity index (χ4v) is 4.27. The van der Waals surface area contributed by atoms with Gasteiger partial charge in [0.1, 0.15) is 0 Å². The van der Waals surface area contributed by atoms with Crippen molar-refractivity contribution in [3.8, 4) is 0 Å². The summed E-state index contributed by atoms with van der Waals surface area (Å²) in [5.41, 5.74) is 4.14. The number of anilines is 2. The summed E-state index contributed by atoms with van der Waals surface area (Å²) in [6.45, 7) is 2.88. The van der Waals surface area contributed by atoms with E-state index in [-0.39, 0.29) is 0 Å². The molecule has 4 nitrogen and oxygen atoms in total. The van der Waals surface area contributed by atoms with E-state index >= 15 is 0 Å². The van der Waals surface area contributed by atoms with Gasteiger partial charge < -0.3 is 15.3 Å². The topological polar surface area (TPSA) is 48.4 Å². The Morgan fingerprint density at radius 1 is 1.43 bits per heavy atom. The number of nitrogens with one attached hydrogen (secondary N) is 1. The summed E-state index contributed by atoms with van der Waals surface area (Å²) in [4.78, 5) is 7.90. The first kappa shape index (κ1) is 16.7. The van der Waals surface area contributed by atoms with Crippen LogP contribution in [0.5, 0.6) is 0 Å². The Hall–Kier alpha value is -1.14. The standard InChI is InChI=1S/C17H22ClN3OS/c1-10-11(9-21(2)3)12(18)7-8-13(10)19-17-20-16-14(22)5-4-6-15(16)23-17/h7-8,14,22H,4-6,9H2,1-3H3,(H,19,20). The molecule has 1 aromatic carbocycles. The van der Waals surface area contributed by atoms with E-state index in [9.17, 15) is 5.11 Å². The second kappa shape index (κ2) is 6.77. The molecule has 1 heterocycles. The minimum absolute atomic E-state index is 0.416. The lowest BCUT2D eigenvalue weighted by Crippen LogP contribution is -2.12. The van der Waals surface area contributed by atoms with E-state index in [4.69, 9.17) is 11.6 Å². The maximum Gasteiger partial charge on any atom is 0.187 e. The van der Waals surface area contributed by atoms with Crippen LogP contribution in [-0.2, 0) is 13.0 Å². The van der Waals surface area contributed by atoms with Crippen molar-refractivity contribution in [2.45, 2.75) is 38.8 Å². The number of nitrogens with zero attached hydrogens (tertiary/aromatic N) is 2. The maximum absolute atomic E-state index is 10.1. The third kappa shape index (κ3) is 3.53. The van der Waals surface area contributed by atoms with Gasteiger partial charge in [0, 0.05) is 22.1 Å². The fraction of sp³-hybridized carbons (Fsp3) is 0.471. The second-order valence-electron chi connectivity index (χ2n) is 6.30. The molecule has 23 heavy (non-hydrogen) atoms. The highest BCUT2D eigenvalue weighted by molar-refractivity contribution is 7.15. The monoisotopic (exact) mass is 351 g/mol. The number of fused-ring (bicyclic) bond motifs is 1. The van der Waals surface area contributed by atoms with Gasteiger partial charge in [-0.2, -0.15) is 0 Å². The van der Waals surface area contributed by atoms with Gasteiger partial charge in [0.2, 0.25) is 0 Å². The van der Waals surface area contributed by atoms with Gasteiger partial charge in [0.05, 0.1) is 11.8 Å². The van der Waals surface area contributed by atoms with Crippen molar-refractivity contribution in [1.29, 1.82) is 0 Å². The van der Waals surface area contributed by atoms with Crippen molar-refractivity contribution >= 4 is 33.8 Å². The van der Waals surface area contributed by atoms with Gasteiger partial charge in [-0.05, 0) is 63.5 Å². The van der Waals surface area contributed by atoms with Crippen molar-refractivity contribution in [3.63, 3.8) is 0 Å². The van der Waals surface area contributed by atoms with E-state index in [1.807, 2.05) is 26.2 Å². The van der Waals surface area contributed by atoms with E-state index in [0.29, 0.717) is 0 Å². The predicted molar refractivity (Wildman–Crippen MR) is 96.9 cm³/mol. The summed E-state index contributed by atoms with van der Waals surface area (Å²) in [6.07, 6.45) is 2.43. The molecule has 0 fully saturated rings. The fourth-order valence-electron chi connectivity index (χ4n) is 2.93. The van der Waals surface area contributed by atoms with E-state index in [1.54, 1.807) is 11.3 Å². The molecular formula is C17H22ClN3OS. The van der Waals surface area contributed by atoms with E-state index in [0.717, 1.165) is 58.5 Å². The van der Waals surface area contributed by atoms with Gasteiger partial charge in [-0.25, -0.2) is 4.98 Å². The van der Waals surface area contributed by atoms with Crippen LogP contribution in [0.15, 0.2) is 12.1 Å². The van der Waals surface area contributed by atoms with E-state index < -0.39 is 6.10 Å². The van der Waals surface area contributed by atoms with Gasteiger partial charge in [0.15, 0.2) is 5.13 Å². The van der Waals surface area contributed by atoms with Gasteiger partial charge in [0.25, 0.3) is 0 Å². The second-order valence-corrected chi connectivity index (χ2v) is 7.79. The molecule has 1 unspecified atom stereocenters. The summed E-state index contributed by atoms with van der Waals surface area (Å²) < 4.78 is 0. The van der Waals surface area contributed by atoms with Crippen LogP contribution in [0, 0.1) is 6.92 Å². The lowest BCUT2D eigenvalue weighted by Gasteiger charge is -2.17. The van der Waals surface area contributed by atoms with Crippen LogP contribution < -0.4 is 5.32 Å².